The lowest BCUT2D eigenvalue weighted by molar-refractivity contribution is -0.121. The minimum Gasteiger partial charge on any atom is -0.356 e. The quantitative estimate of drug-likeness (QED) is 0.757. The van der Waals surface area contributed by atoms with Gasteiger partial charge in [0.05, 0.1) is 15.7 Å². The highest BCUT2D eigenvalue weighted by atomic mass is 35.5. The van der Waals surface area contributed by atoms with E-state index in [1.807, 2.05) is 17.2 Å². The van der Waals surface area contributed by atoms with Gasteiger partial charge < -0.3 is 15.2 Å². The lowest BCUT2D eigenvalue weighted by atomic mass is 10.2. The van der Waals surface area contributed by atoms with Gasteiger partial charge in [0, 0.05) is 37.1 Å². The molecule has 2 N–H and O–H groups in total. The topological polar surface area (TPSA) is 78.1 Å². The average Bonchev–Trinajstić information content (AvgIpc) is 3.34. The van der Waals surface area contributed by atoms with Gasteiger partial charge >= 0.3 is 0 Å². The fourth-order valence-electron chi connectivity index (χ4n) is 3.23. The van der Waals surface area contributed by atoms with E-state index in [0.29, 0.717) is 30.2 Å². The largest absolute Gasteiger partial charge is 0.356 e. The molecule has 0 saturated carbocycles. The number of aryl methyl sites for hydroxylation is 2. The molecule has 2 aromatic heterocycles. The van der Waals surface area contributed by atoms with E-state index in [-0.39, 0.29) is 17.9 Å². The molecule has 0 bridgehead atoms. The van der Waals surface area contributed by atoms with Gasteiger partial charge in [0.2, 0.25) is 5.91 Å². The number of hydrogen-bond acceptors (Lipinski definition) is 4. The van der Waals surface area contributed by atoms with Crippen LogP contribution in [-0.4, -0.2) is 45.8 Å². The Bertz CT molecular complexity index is 773. The molecule has 1 fully saturated rings. The van der Waals surface area contributed by atoms with Gasteiger partial charge in [0.25, 0.3) is 5.91 Å². The number of amides is 2. The molecule has 1 aliphatic heterocycles. The number of H-pyrrole nitrogens is 1. The molecule has 0 aliphatic carbocycles. The van der Waals surface area contributed by atoms with Crippen LogP contribution in [-0.2, 0) is 11.2 Å². The molecule has 3 rings (SSSR count). The zero-order valence-electron chi connectivity index (χ0n) is 14.8. The fourth-order valence-corrected chi connectivity index (χ4v) is 4.05. The summed E-state index contributed by atoms with van der Waals surface area (Å²) in [5.41, 5.74) is 1.55. The van der Waals surface area contributed by atoms with Crippen LogP contribution < -0.4 is 5.32 Å². The summed E-state index contributed by atoms with van der Waals surface area (Å²) < 4.78 is 0. The summed E-state index contributed by atoms with van der Waals surface area (Å²) in [6.45, 7) is 3.19. The first-order valence-electron chi connectivity index (χ1n) is 8.85. The Morgan fingerprint density at radius 2 is 2.35 bits per heavy atom. The molecule has 6 nitrogen and oxygen atoms in total. The van der Waals surface area contributed by atoms with Crippen molar-refractivity contribution < 1.29 is 9.59 Å². The van der Waals surface area contributed by atoms with Crippen LogP contribution >= 0.6 is 22.9 Å². The van der Waals surface area contributed by atoms with Crippen LogP contribution in [0.4, 0.5) is 0 Å². The van der Waals surface area contributed by atoms with Crippen molar-refractivity contribution in [1.82, 2.24) is 20.2 Å². The number of nitrogens with one attached hydrogen (secondary N) is 2. The monoisotopic (exact) mass is 394 g/mol. The average molecular weight is 395 g/mol. The van der Waals surface area contributed by atoms with Crippen LogP contribution in [0.2, 0.25) is 5.02 Å². The van der Waals surface area contributed by atoms with Gasteiger partial charge in [-0.05, 0) is 38.7 Å². The summed E-state index contributed by atoms with van der Waals surface area (Å²) in [5.74, 6) is -0.0354. The van der Waals surface area contributed by atoms with Gasteiger partial charge in [-0.1, -0.05) is 11.6 Å². The number of aromatic nitrogens is 2. The Labute approximate surface area is 162 Å². The molecule has 1 saturated heterocycles. The molecule has 0 spiro atoms. The maximum absolute atomic E-state index is 12.6. The van der Waals surface area contributed by atoms with Gasteiger partial charge in [0.1, 0.15) is 5.69 Å². The van der Waals surface area contributed by atoms with Crippen molar-refractivity contribution in [3.63, 3.8) is 0 Å². The molecule has 2 amide bonds. The highest BCUT2D eigenvalue weighted by molar-refractivity contribution is 7.09. The zero-order chi connectivity index (χ0) is 18.5. The second-order valence-electron chi connectivity index (χ2n) is 6.54. The summed E-state index contributed by atoms with van der Waals surface area (Å²) in [7, 11) is 0. The molecule has 0 aromatic carbocycles. The minimum atomic E-state index is -0.0625. The Hall–Kier alpha value is -1.86. The zero-order valence-corrected chi connectivity index (χ0v) is 16.3. The van der Waals surface area contributed by atoms with Gasteiger partial charge in [-0.15, -0.1) is 11.3 Å². The number of hydrogen-bond donors (Lipinski definition) is 2. The number of likely N-dealkylation sites (tertiary alicyclic amines) is 1. The number of carbonyl (C=O) groups is 2. The Kier molecular flexibility index (Phi) is 6.32. The standard InChI is InChI=1S/C18H23ClN4O2S/c1-12-22-14(11-26-12)4-2-6-17(24)21-10-15-5-3-7-23(15)18(25)16-8-13(19)9-20-16/h8-9,11,15,20H,2-7,10H2,1H3,(H,21,24). The number of halogens is 1. The number of carbonyl (C=O) groups excluding carboxylic acids is 2. The lowest BCUT2D eigenvalue weighted by Gasteiger charge is -2.24. The maximum atomic E-state index is 12.6. The van der Waals surface area contributed by atoms with Crippen molar-refractivity contribution >= 4 is 34.8 Å². The predicted octanol–water partition coefficient (Wildman–Crippen LogP) is 3.18. The van der Waals surface area contributed by atoms with E-state index in [4.69, 9.17) is 11.6 Å². The van der Waals surface area contributed by atoms with Crippen molar-refractivity contribution in [2.45, 2.75) is 45.1 Å². The third-order valence-electron chi connectivity index (χ3n) is 4.55. The summed E-state index contributed by atoms with van der Waals surface area (Å²) in [5, 5.41) is 6.59. The van der Waals surface area contributed by atoms with E-state index < -0.39 is 0 Å². The molecule has 140 valence electrons. The molecule has 3 heterocycles. The Balaban J connectivity index is 1.42. The Morgan fingerprint density at radius 1 is 1.50 bits per heavy atom. The van der Waals surface area contributed by atoms with Crippen molar-refractivity contribution in [2.75, 3.05) is 13.1 Å². The van der Waals surface area contributed by atoms with Gasteiger partial charge in [-0.25, -0.2) is 4.98 Å². The van der Waals surface area contributed by atoms with Gasteiger partial charge in [0.15, 0.2) is 0 Å². The van der Waals surface area contributed by atoms with Crippen molar-refractivity contribution in [3.8, 4) is 0 Å². The number of nitrogens with zero attached hydrogens (tertiary/aromatic N) is 2. The molecule has 2 aromatic rings. The Morgan fingerprint density at radius 3 is 3.04 bits per heavy atom. The SMILES string of the molecule is Cc1nc(CCCC(=O)NCC2CCCN2C(=O)c2cc(Cl)c[nH]2)cs1. The molecule has 8 heteroatoms. The van der Waals surface area contributed by atoms with E-state index in [1.54, 1.807) is 23.6 Å². The first-order valence-corrected chi connectivity index (χ1v) is 10.1. The summed E-state index contributed by atoms with van der Waals surface area (Å²) in [6, 6.07) is 1.67. The first-order chi connectivity index (χ1) is 12.5. The summed E-state index contributed by atoms with van der Waals surface area (Å²) in [6.07, 6.45) is 5.53. The summed E-state index contributed by atoms with van der Waals surface area (Å²) >= 11 is 7.51. The van der Waals surface area contributed by atoms with Crippen LogP contribution in [0.25, 0.3) is 0 Å². The summed E-state index contributed by atoms with van der Waals surface area (Å²) in [4.78, 5) is 33.8. The van der Waals surface area contributed by atoms with Crippen LogP contribution in [0.5, 0.6) is 0 Å². The molecule has 1 atom stereocenters. The fraction of sp³-hybridized carbons (Fsp3) is 0.500. The van der Waals surface area contributed by atoms with E-state index in [0.717, 1.165) is 36.4 Å². The second-order valence-corrected chi connectivity index (χ2v) is 8.04. The van der Waals surface area contributed by atoms with E-state index >= 15 is 0 Å². The first kappa shape index (κ1) is 18.9. The number of rotatable bonds is 7. The third-order valence-corrected chi connectivity index (χ3v) is 5.59. The van der Waals surface area contributed by atoms with E-state index in [1.165, 1.54) is 0 Å². The van der Waals surface area contributed by atoms with Crippen LogP contribution in [0.1, 0.15) is 46.9 Å². The molecule has 1 unspecified atom stereocenters. The lowest BCUT2D eigenvalue weighted by Crippen LogP contribution is -2.43. The maximum Gasteiger partial charge on any atom is 0.270 e. The van der Waals surface area contributed by atoms with Crippen LogP contribution in [0.3, 0.4) is 0 Å². The molecule has 26 heavy (non-hydrogen) atoms. The van der Waals surface area contributed by atoms with Gasteiger partial charge in [-0.3, -0.25) is 9.59 Å². The normalized spacial score (nSPS) is 16.8. The highest BCUT2D eigenvalue weighted by Crippen LogP contribution is 2.20. The molecular weight excluding hydrogens is 372 g/mol. The highest BCUT2D eigenvalue weighted by Gasteiger charge is 2.30. The number of aromatic amines is 1. The molecule has 1 aliphatic rings. The van der Waals surface area contributed by atoms with E-state index in [2.05, 4.69) is 15.3 Å². The van der Waals surface area contributed by atoms with Crippen molar-refractivity contribution in [2.24, 2.45) is 0 Å². The third kappa shape index (κ3) is 4.86. The van der Waals surface area contributed by atoms with Crippen LogP contribution in [0.15, 0.2) is 17.6 Å². The van der Waals surface area contributed by atoms with Crippen molar-refractivity contribution in [1.29, 1.82) is 0 Å². The number of thiazole rings is 1. The van der Waals surface area contributed by atoms with Gasteiger partial charge in [-0.2, -0.15) is 0 Å². The minimum absolute atomic E-state index is 0.0270. The second kappa shape index (κ2) is 8.68. The molecular formula is C18H23ClN4O2S. The molecule has 0 radical (unpaired) electrons. The smallest absolute Gasteiger partial charge is 0.270 e. The van der Waals surface area contributed by atoms with Crippen LogP contribution in [0, 0.1) is 6.92 Å². The van der Waals surface area contributed by atoms with E-state index in [9.17, 15) is 9.59 Å². The predicted molar refractivity (Wildman–Crippen MR) is 103 cm³/mol. The van der Waals surface area contributed by atoms with Crippen molar-refractivity contribution in [3.05, 3.63) is 39.1 Å².